The second-order valence-corrected chi connectivity index (χ2v) is 5.26. The Kier molecular flexibility index (Phi) is 7.89. The number of carbonyl (C=O) groups excluding carboxylic acids is 1. The Labute approximate surface area is 134 Å². The van der Waals surface area contributed by atoms with Gasteiger partial charge < -0.3 is 10.2 Å². The van der Waals surface area contributed by atoms with Crippen molar-refractivity contribution in [3.8, 4) is 0 Å². The summed E-state index contributed by atoms with van der Waals surface area (Å²) in [4.78, 5) is 18.3. The Morgan fingerprint density at radius 2 is 2.11 bits per heavy atom. The third-order valence-electron chi connectivity index (χ3n) is 3.24. The first kappa shape index (κ1) is 18.6. The van der Waals surface area contributed by atoms with Gasteiger partial charge in [0, 0.05) is 35.8 Å². The van der Waals surface area contributed by atoms with Crippen LogP contribution < -0.4 is 5.32 Å². The predicted octanol–water partition coefficient (Wildman–Crippen LogP) is 2.51. The van der Waals surface area contributed by atoms with Crippen molar-refractivity contribution in [3.63, 3.8) is 0 Å². The average Bonchev–Trinajstić information content (AvgIpc) is 2.33. The van der Waals surface area contributed by atoms with Crippen molar-refractivity contribution in [1.29, 1.82) is 0 Å². The lowest BCUT2D eigenvalue weighted by Crippen LogP contribution is -2.57. The van der Waals surface area contributed by atoms with Gasteiger partial charge in [-0.3, -0.25) is 4.79 Å². The SMILES string of the molecule is CC1NCCN(C(=O)c2ccc(Br)cn2)C1C.Cl.Cl. The second kappa shape index (κ2) is 8.04. The van der Waals surface area contributed by atoms with Gasteiger partial charge in [0.1, 0.15) is 5.69 Å². The number of piperazine rings is 1. The lowest BCUT2D eigenvalue weighted by Gasteiger charge is -2.38. The monoisotopic (exact) mass is 369 g/mol. The molecular weight excluding hydrogens is 353 g/mol. The van der Waals surface area contributed by atoms with Crippen molar-refractivity contribution in [2.45, 2.75) is 25.9 Å². The van der Waals surface area contributed by atoms with Crippen molar-refractivity contribution in [1.82, 2.24) is 15.2 Å². The molecule has 0 aliphatic carbocycles. The summed E-state index contributed by atoms with van der Waals surface area (Å²) in [5.74, 6) is 0.0124. The van der Waals surface area contributed by atoms with E-state index in [4.69, 9.17) is 0 Å². The summed E-state index contributed by atoms with van der Waals surface area (Å²) in [6.07, 6.45) is 1.66. The molecule has 4 nitrogen and oxygen atoms in total. The normalized spacial score (nSPS) is 22.2. The highest BCUT2D eigenvalue weighted by atomic mass is 79.9. The van der Waals surface area contributed by atoms with Crippen LogP contribution in [-0.4, -0.2) is 41.0 Å². The fraction of sp³-hybridized carbons (Fsp3) is 0.500. The number of rotatable bonds is 1. The lowest BCUT2D eigenvalue weighted by atomic mass is 10.1. The molecule has 1 N–H and O–H groups in total. The van der Waals surface area contributed by atoms with Gasteiger partial charge in [-0.1, -0.05) is 0 Å². The van der Waals surface area contributed by atoms with Gasteiger partial charge in [0.05, 0.1) is 0 Å². The van der Waals surface area contributed by atoms with Crippen LogP contribution in [0.1, 0.15) is 24.3 Å². The molecule has 2 heterocycles. The topological polar surface area (TPSA) is 45.2 Å². The van der Waals surface area contributed by atoms with Crippen LogP contribution in [0.5, 0.6) is 0 Å². The van der Waals surface area contributed by atoms with E-state index < -0.39 is 0 Å². The molecule has 1 aromatic heterocycles. The Balaban J connectivity index is 0.00000162. The molecule has 0 saturated carbocycles. The van der Waals surface area contributed by atoms with E-state index >= 15 is 0 Å². The molecule has 0 spiro atoms. The average molecular weight is 371 g/mol. The zero-order valence-electron chi connectivity index (χ0n) is 10.8. The van der Waals surface area contributed by atoms with Crippen LogP contribution >= 0.6 is 40.7 Å². The van der Waals surface area contributed by atoms with Gasteiger partial charge in [0.25, 0.3) is 5.91 Å². The van der Waals surface area contributed by atoms with Gasteiger partial charge >= 0.3 is 0 Å². The summed E-state index contributed by atoms with van der Waals surface area (Å²) in [7, 11) is 0. The fourth-order valence-corrected chi connectivity index (χ4v) is 2.23. The Morgan fingerprint density at radius 1 is 1.42 bits per heavy atom. The molecule has 1 aromatic rings. The smallest absolute Gasteiger partial charge is 0.272 e. The Hall–Kier alpha value is -0.360. The highest BCUT2D eigenvalue weighted by Crippen LogP contribution is 2.14. The summed E-state index contributed by atoms with van der Waals surface area (Å²) < 4.78 is 0.885. The van der Waals surface area contributed by atoms with Gasteiger partial charge in [-0.05, 0) is 41.9 Å². The zero-order chi connectivity index (χ0) is 12.4. The number of nitrogens with zero attached hydrogens (tertiary/aromatic N) is 2. The maximum atomic E-state index is 12.3. The summed E-state index contributed by atoms with van der Waals surface area (Å²) in [5, 5.41) is 3.36. The molecule has 1 fully saturated rings. The fourth-order valence-electron chi connectivity index (χ4n) is 1.99. The maximum Gasteiger partial charge on any atom is 0.272 e. The van der Waals surface area contributed by atoms with E-state index in [1.165, 1.54) is 0 Å². The number of nitrogens with one attached hydrogen (secondary N) is 1. The molecule has 7 heteroatoms. The second-order valence-electron chi connectivity index (χ2n) is 4.34. The van der Waals surface area contributed by atoms with Gasteiger partial charge in [-0.2, -0.15) is 0 Å². The minimum atomic E-state index is 0. The van der Waals surface area contributed by atoms with E-state index in [9.17, 15) is 4.79 Å². The first-order valence-electron chi connectivity index (χ1n) is 5.75. The molecule has 1 saturated heterocycles. The minimum absolute atomic E-state index is 0. The molecule has 2 unspecified atom stereocenters. The number of carbonyl (C=O) groups is 1. The van der Waals surface area contributed by atoms with E-state index in [-0.39, 0.29) is 36.8 Å². The van der Waals surface area contributed by atoms with Crippen LogP contribution in [0.15, 0.2) is 22.8 Å². The van der Waals surface area contributed by atoms with Gasteiger partial charge in [-0.25, -0.2) is 4.98 Å². The number of pyridine rings is 1. The molecular formula is C12H18BrCl2N3O. The molecule has 0 radical (unpaired) electrons. The van der Waals surface area contributed by atoms with Crippen LogP contribution in [0, 0.1) is 0 Å². The quantitative estimate of drug-likeness (QED) is 0.826. The molecule has 19 heavy (non-hydrogen) atoms. The Bertz CT molecular complexity index is 416. The summed E-state index contributed by atoms with van der Waals surface area (Å²) in [6.45, 7) is 5.74. The Morgan fingerprint density at radius 3 is 2.68 bits per heavy atom. The zero-order valence-corrected chi connectivity index (χ0v) is 14.0. The molecule has 1 aliphatic rings. The van der Waals surface area contributed by atoms with E-state index in [2.05, 4.69) is 40.1 Å². The third-order valence-corrected chi connectivity index (χ3v) is 3.71. The third kappa shape index (κ3) is 4.31. The van der Waals surface area contributed by atoms with Crippen molar-refractivity contribution in [2.75, 3.05) is 13.1 Å². The van der Waals surface area contributed by atoms with Crippen molar-refractivity contribution in [2.24, 2.45) is 0 Å². The molecule has 1 amide bonds. The molecule has 1 aliphatic heterocycles. The van der Waals surface area contributed by atoms with Crippen molar-refractivity contribution in [3.05, 3.63) is 28.5 Å². The summed E-state index contributed by atoms with van der Waals surface area (Å²) in [6, 6.07) is 4.12. The number of amides is 1. The van der Waals surface area contributed by atoms with E-state index in [1.807, 2.05) is 11.0 Å². The number of hydrogen-bond acceptors (Lipinski definition) is 3. The van der Waals surface area contributed by atoms with E-state index in [0.29, 0.717) is 11.7 Å². The summed E-state index contributed by atoms with van der Waals surface area (Å²) in [5.41, 5.74) is 0.508. The number of aromatic nitrogens is 1. The summed E-state index contributed by atoms with van der Waals surface area (Å²) >= 11 is 3.31. The maximum absolute atomic E-state index is 12.3. The van der Waals surface area contributed by atoms with Crippen molar-refractivity contribution >= 4 is 46.7 Å². The first-order chi connectivity index (χ1) is 8.09. The van der Waals surface area contributed by atoms with Gasteiger partial charge in [0.2, 0.25) is 0 Å². The molecule has 2 rings (SSSR count). The minimum Gasteiger partial charge on any atom is -0.332 e. The number of hydrogen-bond donors (Lipinski definition) is 1. The molecule has 0 bridgehead atoms. The van der Waals surface area contributed by atoms with Gasteiger partial charge in [0.15, 0.2) is 0 Å². The van der Waals surface area contributed by atoms with Crippen LogP contribution in [0.4, 0.5) is 0 Å². The highest BCUT2D eigenvalue weighted by Gasteiger charge is 2.29. The predicted molar refractivity (Wildman–Crippen MR) is 84.4 cm³/mol. The molecule has 0 aromatic carbocycles. The van der Waals surface area contributed by atoms with E-state index in [1.54, 1.807) is 12.3 Å². The van der Waals surface area contributed by atoms with Crippen LogP contribution in [0.3, 0.4) is 0 Å². The lowest BCUT2D eigenvalue weighted by molar-refractivity contribution is 0.0597. The highest BCUT2D eigenvalue weighted by molar-refractivity contribution is 9.10. The molecule has 2 atom stereocenters. The first-order valence-corrected chi connectivity index (χ1v) is 6.55. The van der Waals surface area contributed by atoms with Crippen molar-refractivity contribution < 1.29 is 4.79 Å². The molecule has 108 valence electrons. The van der Waals surface area contributed by atoms with Crippen LogP contribution in [0.2, 0.25) is 0 Å². The number of halogens is 3. The van der Waals surface area contributed by atoms with Crippen LogP contribution in [0.25, 0.3) is 0 Å². The van der Waals surface area contributed by atoms with Crippen LogP contribution in [-0.2, 0) is 0 Å². The standard InChI is InChI=1S/C12H16BrN3O.2ClH/c1-8-9(2)16(6-5-14-8)12(17)11-4-3-10(13)7-15-11;;/h3-4,7-9,14H,5-6H2,1-2H3;2*1H. The van der Waals surface area contributed by atoms with Gasteiger partial charge in [-0.15, -0.1) is 24.8 Å². The largest absolute Gasteiger partial charge is 0.332 e. The van der Waals surface area contributed by atoms with E-state index in [0.717, 1.165) is 17.6 Å².